The number of amides is 1. The summed E-state index contributed by atoms with van der Waals surface area (Å²) in [7, 11) is -3.77. The van der Waals surface area contributed by atoms with E-state index in [2.05, 4.69) is 5.32 Å². The predicted octanol–water partition coefficient (Wildman–Crippen LogP) is 2.47. The van der Waals surface area contributed by atoms with E-state index >= 15 is 0 Å². The van der Waals surface area contributed by atoms with E-state index in [4.69, 9.17) is 27.9 Å². The number of rotatable bonds is 8. The number of nitrogens with zero attached hydrogens (tertiary/aromatic N) is 1. The molecule has 0 spiro atoms. The molecule has 0 saturated heterocycles. The van der Waals surface area contributed by atoms with Crippen molar-refractivity contribution in [3.05, 3.63) is 62.1 Å². The highest BCUT2D eigenvalue weighted by molar-refractivity contribution is 7.90. The molecule has 0 heterocycles. The van der Waals surface area contributed by atoms with Gasteiger partial charge in [-0.05, 0) is 18.2 Å². The molecule has 1 atom stereocenters. The summed E-state index contributed by atoms with van der Waals surface area (Å²) in [6.07, 6.45) is -0.266. The van der Waals surface area contributed by atoms with Gasteiger partial charge >= 0.3 is 0 Å². The first-order valence-electron chi connectivity index (χ1n) is 8.01. The lowest BCUT2D eigenvalue weighted by Gasteiger charge is -2.14. The monoisotopic (exact) mass is 462 g/mol. The Hall–Kier alpha value is -2.40. The summed E-state index contributed by atoms with van der Waals surface area (Å²) in [4.78, 5) is 22.1. The zero-order valence-electron chi connectivity index (χ0n) is 15.0. The first-order chi connectivity index (χ1) is 13.5. The lowest BCUT2D eigenvalue weighted by Crippen LogP contribution is -2.35. The van der Waals surface area contributed by atoms with Gasteiger partial charge in [0.1, 0.15) is 23.5 Å². The van der Waals surface area contributed by atoms with E-state index in [1.807, 2.05) is 0 Å². The number of carbonyl (C=O) groups excluding carboxylic acids is 1. The fraction of sp³-hybridized carbons (Fsp3) is 0.235. The number of nitrogens with one attached hydrogen (secondary N) is 1. The molecule has 9 nitrogen and oxygen atoms in total. The first kappa shape index (κ1) is 22.9. The van der Waals surface area contributed by atoms with Gasteiger partial charge in [0.2, 0.25) is 0 Å². The predicted molar refractivity (Wildman–Crippen MR) is 107 cm³/mol. The summed E-state index contributed by atoms with van der Waals surface area (Å²) >= 11 is 11.8. The Bertz CT molecular complexity index is 1040. The van der Waals surface area contributed by atoms with Crippen LogP contribution in [0, 0.1) is 10.1 Å². The van der Waals surface area contributed by atoms with E-state index in [0.717, 1.165) is 24.5 Å². The SMILES string of the molecule is CS(=O)(=O)c1cc(C(=O)NCC(O)COc2cccc(Cl)c2Cl)cc([N+](=O)[O-])c1. The Morgan fingerprint density at radius 1 is 1.31 bits per heavy atom. The number of sulfone groups is 1. The molecule has 2 N–H and O–H groups in total. The number of non-ortho nitro benzene ring substituents is 1. The van der Waals surface area contributed by atoms with Gasteiger partial charge in [-0.2, -0.15) is 0 Å². The van der Waals surface area contributed by atoms with Crippen LogP contribution in [0.15, 0.2) is 41.3 Å². The highest BCUT2D eigenvalue weighted by atomic mass is 35.5. The number of carbonyl (C=O) groups is 1. The number of ether oxygens (including phenoxy) is 1. The van der Waals surface area contributed by atoms with Crippen molar-refractivity contribution >= 4 is 44.6 Å². The van der Waals surface area contributed by atoms with Gasteiger partial charge in [0.15, 0.2) is 9.84 Å². The van der Waals surface area contributed by atoms with Crippen LogP contribution in [0.25, 0.3) is 0 Å². The second kappa shape index (κ2) is 9.40. The van der Waals surface area contributed by atoms with E-state index in [9.17, 15) is 28.4 Å². The second-order valence-corrected chi connectivity index (χ2v) is 8.77. The molecule has 0 fully saturated rings. The molecular weight excluding hydrogens is 447 g/mol. The highest BCUT2D eigenvalue weighted by Gasteiger charge is 2.19. The van der Waals surface area contributed by atoms with Crippen molar-refractivity contribution in [3.63, 3.8) is 0 Å². The van der Waals surface area contributed by atoms with E-state index in [1.54, 1.807) is 18.2 Å². The van der Waals surface area contributed by atoms with Gasteiger partial charge in [0.25, 0.3) is 11.6 Å². The van der Waals surface area contributed by atoms with Crippen molar-refractivity contribution in [3.8, 4) is 5.75 Å². The number of halogens is 2. The van der Waals surface area contributed by atoms with Crippen molar-refractivity contribution in [2.45, 2.75) is 11.0 Å². The van der Waals surface area contributed by atoms with E-state index in [0.29, 0.717) is 0 Å². The second-order valence-electron chi connectivity index (χ2n) is 5.97. The number of nitro groups is 1. The number of hydrogen-bond donors (Lipinski definition) is 2. The third-order valence-electron chi connectivity index (χ3n) is 3.64. The fourth-order valence-electron chi connectivity index (χ4n) is 2.19. The minimum absolute atomic E-state index is 0.176. The van der Waals surface area contributed by atoms with Crippen molar-refractivity contribution in [1.82, 2.24) is 5.32 Å². The van der Waals surface area contributed by atoms with Gasteiger partial charge < -0.3 is 15.2 Å². The van der Waals surface area contributed by atoms with Crippen molar-refractivity contribution in [1.29, 1.82) is 0 Å². The number of nitro benzene ring substituents is 1. The Labute approximate surface area is 176 Å². The zero-order chi connectivity index (χ0) is 21.8. The smallest absolute Gasteiger partial charge is 0.271 e. The van der Waals surface area contributed by atoms with Crippen LogP contribution in [-0.2, 0) is 9.84 Å². The molecule has 0 aliphatic carbocycles. The minimum Gasteiger partial charge on any atom is -0.489 e. The van der Waals surface area contributed by atoms with E-state index < -0.39 is 32.5 Å². The van der Waals surface area contributed by atoms with Crippen LogP contribution in [-0.4, -0.2) is 49.9 Å². The summed E-state index contributed by atoms with van der Waals surface area (Å²) in [5, 5.41) is 23.8. The van der Waals surface area contributed by atoms with Gasteiger partial charge in [-0.1, -0.05) is 29.3 Å². The molecule has 29 heavy (non-hydrogen) atoms. The molecule has 0 aliphatic rings. The Balaban J connectivity index is 2.03. The minimum atomic E-state index is -3.77. The van der Waals surface area contributed by atoms with Crippen LogP contribution in [0.3, 0.4) is 0 Å². The summed E-state index contributed by atoms with van der Waals surface area (Å²) in [5.74, 6) is -0.542. The van der Waals surface area contributed by atoms with Crippen LogP contribution in [0.5, 0.6) is 5.75 Å². The molecule has 0 saturated carbocycles. The number of aliphatic hydroxyl groups is 1. The maximum atomic E-state index is 12.3. The fourth-order valence-corrected chi connectivity index (χ4v) is 3.21. The maximum absolute atomic E-state index is 12.3. The molecule has 2 aromatic carbocycles. The Morgan fingerprint density at radius 2 is 2.00 bits per heavy atom. The third-order valence-corrected chi connectivity index (χ3v) is 5.53. The molecule has 12 heteroatoms. The van der Waals surface area contributed by atoms with Crippen LogP contribution in [0.1, 0.15) is 10.4 Å². The average Bonchev–Trinajstić information content (AvgIpc) is 2.66. The average molecular weight is 463 g/mol. The van der Waals surface area contributed by atoms with Gasteiger partial charge in [-0.3, -0.25) is 14.9 Å². The lowest BCUT2D eigenvalue weighted by molar-refractivity contribution is -0.385. The molecule has 0 radical (unpaired) electrons. The Kier molecular flexibility index (Phi) is 7.42. The molecule has 156 valence electrons. The summed E-state index contributed by atoms with van der Waals surface area (Å²) < 4.78 is 28.7. The summed E-state index contributed by atoms with van der Waals surface area (Å²) in [5.41, 5.74) is -0.775. The van der Waals surface area contributed by atoms with Crippen LogP contribution in [0.4, 0.5) is 5.69 Å². The van der Waals surface area contributed by atoms with Crippen molar-refractivity contribution < 1.29 is 28.0 Å². The van der Waals surface area contributed by atoms with E-state index in [-0.39, 0.29) is 39.4 Å². The van der Waals surface area contributed by atoms with Crippen LogP contribution in [0.2, 0.25) is 10.0 Å². The zero-order valence-corrected chi connectivity index (χ0v) is 17.3. The Morgan fingerprint density at radius 3 is 2.62 bits per heavy atom. The summed E-state index contributed by atoms with van der Waals surface area (Å²) in [6, 6.07) is 7.56. The quantitative estimate of drug-likeness (QED) is 0.454. The summed E-state index contributed by atoms with van der Waals surface area (Å²) in [6.45, 7) is -0.474. The third kappa shape index (κ3) is 6.29. The molecule has 2 rings (SSSR count). The lowest BCUT2D eigenvalue weighted by atomic mass is 10.2. The molecule has 0 aliphatic heterocycles. The number of aliphatic hydroxyl groups excluding tert-OH is 1. The largest absolute Gasteiger partial charge is 0.489 e. The highest BCUT2D eigenvalue weighted by Crippen LogP contribution is 2.31. The standard InChI is InChI=1S/C17H16Cl2N2O7S/c1-29(26,27)13-6-10(5-11(7-13)21(24)25)17(23)20-8-12(22)9-28-15-4-2-3-14(18)16(15)19/h2-7,12,22H,8-9H2,1H3,(H,20,23). The van der Waals surface area contributed by atoms with Crippen molar-refractivity contribution in [2.24, 2.45) is 0 Å². The van der Waals surface area contributed by atoms with Gasteiger partial charge in [0.05, 0.1) is 14.8 Å². The molecular formula is C17H16Cl2N2O7S. The molecule has 2 aromatic rings. The molecule has 0 bridgehead atoms. The normalized spacial score (nSPS) is 12.3. The molecule has 1 unspecified atom stereocenters. The van der Waals surface area contributed by atoms with Crippen molar-refractivity contribution in [2.75, 3.05) is 19.4 Å². The van der Waals surface area contributed by atoms with Gasteiger partial charge in [-0.15, -0.1) is 0 Å². The molecule has 1 amide bonds. The topological polar surface area (TPSA) is 136 Å². The number of benzene rings is 2. The van der Waals surface area contributed by atoms with Crippen LogP contribution >= 0.6 is 23.2 Å². The maximum Gasteiger partial charge on any atom is 0.271 e. The van der Waals surface area contributed by atoms with Gasteiger partial charge in [0, 0.05) is 30.5 Å². The van der Waals surface area contributed by atoms with Crippen LogP contribution < -0.4 is 10.1 Å². The number of hydrogen-bond acceptors (Lipinski definition) is 7. The first-order valence-corrected chi connectivity index (χ1v) is 10.7. The molecule has 0 aromatic heterocycles. The van der Waals surface area contributed by atoms with E-state index in [1.165, 1.54) is 0 Å². The van der Waals surface area contributed by atoms with Gasteiger partial charge in [-0.25, -0.2) is 8.42 Å².